The van der Waals surface area contributed by atoms with Crippen molar-refractivity contribution in [3.63, 3.8) is 0 Å². The summed E-state index contributed by atoms with van der Waals surface area (Å²) in [6.45, 7) is 0. The van der Waals surface area contributed by atoms with E-state index in [4.69, 9.17) is 0 Å². The normalized spacial score (nSPS) is 11.6. The number of halogens is 3. The number of hydrogen-bond acceptors (Lipinski definition) is 2. The van der Waals surface area contributed by atoms with Crippen LogP contribution in [-0.2, 0) is 30.9 Å². The Morgan fingerprint density at radius 2 is 1.86 bits per heavy atom. The first-order valence-electron chi connectivity index (χ1n) is 6.51. The van der Waals surface area contributed by atoms with Crippen LogP contribution in [0.15, 0.2) is 36.5 Å². The first kappa shape index (κ1) is 15.3. The van der Waals surface area contributed by atoms with E-state index in [0.717, 1.165) is 17.8 Å². The van der Waals surface area contributed by atoms with E-state index in [2.05, 4.69) is 5.10 Å². The number of hydrogen-bond donors (Lipinski definition) is 0. The highest BCUT2D eigenvalue weighted by Crippen LogP contribution is 2.29. The molecule has 0 N–H and O–H groups in total. The number of carbonyl (C=O) groups excluding carboxylic acids is 1. The number of rotatable bonds is 5. The molecule has 0 saturated heterocycles. The maximum atomic E-state index is 12.4. The van der Waals surface area contributed by atoms with E-state index in [0.29, 0.717) is 18.4 Å². The van der Waals surface area contributed by atoms with Crippen molar-refractivity contribution in [2.24, 2.45) is 7.05 Å². The van der Waals surface area contributed by atoms with Crippen molar-refractivity contribution in [3.8, 4) is 0 Å². The molecule has 0 bridgehead atoms. The third-order valence-electron chi connectivity index (χ3n) is 3.26. The van der Waals surface area contributed by atoms with Crippen LogP contribution in [0.3, 0.4) is 0 Å². The molecule has 1 aromatic carbocycles. The highest BCUT2D eigenvalue weighted by Gasteiger charge is 2.29. The van der Waals surface area contributed by atoms with Crippen LogP contribution in [0.4, 0.5) is 13.2 Å². The maximum Gasteiger partial charge on any atom is 0.416 e. The zero-order chi connectivity index (χ0) is 15.5. The topological polar surface area (TPSA) is 34.9 Å². The van der Waals surface area contributed by atoms with Gasteiger partial charge >= 0.3 is 6.18 Å². The van der Waals surface area contributed by atoms with Gasteiger partial charge in [-0.15, -0.1) is 0 Å². The van der Waals surface area contributed by atoms with Crippen LogP contribution in [0.2, 0.25) is 0 Å². The summed E-state index contributed by atoms with van der Waals surface area (Å²) in [5.41, 5.74) is 0.849. The monoisotopic (exact) mass is 296 g/mol. The summed E-state index contributed by atoms with van der Waals surface area (Å²) < 4.78 is 39.0. The molecule has 21 heavy (non-hydrogen) atoms. The minimum Gasteiger partial charge on any atom is -0.299 e. The molecule has 112 valence electrons. The Morgan fingerprint density at radius 3 is 2.38 bits per heavy atom. The lowest BCUT2D eigenvalue weighted by molar-refractivity contribution is -0.137. The average molecular weight is 296 g/mol. The van der Waals surface area contributed by atoms with Gasteiger partial charge in [-0.25, -0.2) is 0 Å². The fourth-order valence-corrected chi connectivity index (χ4v) is 2.04. The summed E-state index contributed by atoms with van der Waals surface area (Å²) in [7, 11) is 1.80. The predicted molar refractivity (Wildman–Crippen MR) is 71.7 cm³/mol. The second-order valence-electron chi connectivity index (χ2n) is 4.86. The van der Waals surface area contributed by atoms with Crippen LogP contribution in [0.1, 0.15) is 23.2 Å². The van der Waals surface area contributed by atoms with Crippen molar-refractivity contribution in [2.75, 3.05) is 0 Å². The van der Waals surface area contributed by atoms with Crippen LogP contribution in [0, 0.1) is 0 Å². The number of Topliss-reactive ketones (excluding diaryl/α,β-unsaturated/α-hetero) is 1. The summed E-state index contributed by atoms with van der Waals surface area (Å²) in [6, 6.07) is 6.55. The molecule has 6 heteroatoms. The first-order valence-corrected chi connectivity index (χ1v) is 6.51. The molecule has 0 unspecified atom stereocenters. The molecule has 0 amide bonds. The van der Waals surface area contributed by atoms with Gasteiger partial charge in [-0.3, -0.25) is 9.48 Å². The van der Waals surface area contributed by atoms with E-state index in [1.165, 1.54) is 12.1 Å². The van der Waals surface area contributed by atoms with Gasteiger partial charge < -0.3 is 0 Å². The Kier molecular flexibility index (Phi) is 4.45. The lowest BCUT2D eigenvalue weighted by Crippen LogP contribution is -2.08. The van der Waals surface area contributed by atoms with Gasteiger partial charge in [0.15, 0.2) is 0 Å². The molecule has 2 rings (SSSR count). The Morgan fingerprint density at radius 1 is 1.19 bits per heavy atom. The van der Waals surface area contributed by atoms with Crippen LogP contribution in [0.5, 0.6) is 0 Å². The van der Waals surface area contributed by atoms with Crippen molar-refractivity contribution < 1.29 is 18.0 Å². The molecule has 3 nitrogen and oxygen atoms in total. The fourth-order valence-electron chi connectivity index (χ4n) is 2.04. The molecule has 1 aromatic heterocycles. The lowest BCUT2D eigenvalue weighted by atomic mass is 10.0. The Balaban J connectivity index is 1.89. The molecule has 0 radical (unpaired) electrons. The molecule has 0 aliphatic carbocycles. The fraction of sp³-hybridized carbons (Fsp3) is 0.333. The van der Waals surface area contributed by atoms with Crippen molar-refractivity contribution in [2.45, 2.75) is 25.4 Å². The number of aryl methyl sites for hydroxylation is 2. The van der Waals surface area contributed by atoms with Gasteiger partial charge in [-0.1, -0.05) is 12.1 Å². The largest absolute Gasteiger partial charge is 0.416 e. The number of ketones is 1. The van der Waals surface area contributed by atoms with Gasteiger partial charge in [0.2, 0.25) is 0 Å². The molecule has 1 heterocycles. The number of nitrogens with zero attached hydrogens (tertiary/aromatic N) is 2. The summed E-state index contributed by atoms with van der Waals surface area (Å²) in [5.74, 6) is -0.00374. The van der Waals surface area contributed by atoms with E-state index < -0.39 is 11.7 Å². The Hall–Kier alpha value is -2.11. The summed E-state index contributed by atoms with van der Waals surface area (Å²) in [5, 5.41) is 4.01. The van der Waals surface area contributed by atoms with E-state index in [1.54, 1.807) is 17.9 Å². The minimum atomic E-state index is -4.35. The van der Waals surface area contributed by atoms with E-state index >= 15 is 0 Å². The zero-order valence-electron chi connectivity index (χ0n) is 11.5. The molecular formula is C15H15F3N2O. The molecule has 0 aliphatic heterocycles. The van der Waals surface area contributed by atoms with Gasteiger partial charge in [-0.05, 0) is 30.2 Å². The highest BCUT2D eigenvalue weighted by molar-refractivity contribution is 5.81. The molecule has 0 atom stereocenters. The molecule has 2 aromatic rings. The third-order valence-corrected chi connectivity index (χ3v) is 3.26. The SMILES string of the molecule is Cn1nccc1CCC(=O)Cc1ccc(C(F)(F)F)cc1. The standard InChI is InChI=1S/C15H15F3N2O/c1-20-13(8-9-19-20)6-7-14(21)10-11-2-4-12(5-3-11)15(16,17)18/h2-5,8-9H,6-7,10H2,1H3. The zero-order valence-corrected chi connectivity index (χ0v) is 11.5. The molecule has 0 saturated carbocycles. The number of benzene rings is 1. The molecule has 0 spiro atoms. The van der Waals surface area contributed by atoms with E-state index in [-0.39, 0.29) is 12.2 Å². The van der Waals surface area contributed by atoms with Crippen LogP contribution < -0.4 is 0 Å². The summed E-state index contributed by atoms with van der Waals surface area (Å²) >= 11 is 0. The highest BCUT2D eigenvalue weighted by atomic mass is 19.4. The van der Waals surface area contributed by atoms with Gasteiger partial charge in [-0.2, -0.15) is 18.3 Å². The molecule has 0 aliphatic rings. The Bertz CT molecular complexity index is 615. The number of carbonyl (C=O) groups is 1. The third kappa shape index (κ3) is 4.18. The second kappa shape index (κ2) is 6.11. The summed E-state index contributed by atoms with van der Waals surface area (Å²) in [6.07, 6.45) is -1.61. The average Bonchev–Trinajstić information content (AvgIpc) is 2.81. The predicted octanol–water partition coefficient (Wildman–Crippen LogP) is 3.18. The quantitative estimate of drug-likeness (QED) is 0.849. The van der Waals surface area contributed by atoms with Crippen molar-refractivity contribution in [3.05, 3.63) is 53.3 Å². The Labute approximate surface area is 120 Å². The van der Waals surface area contributed by atoms with Gasteiger partial charge in [0.05, 0.1) is 5.56 Å². The smallest absolute Gasteiger partial charge is 0.299 e. The minimum absolute atomic E-state index is 0.00374. The maximum absolute atomic E-state index is 12.4. The lowest BCUT2D eigenvalue weighted by Gasteiger charge is -2.07. The van der Waals surface area contributed by atoms with Crippen molar-refractivity contribution >= 4 is 5.78 Å². The van der Waals surface area contributed by atoms with Crippen LogP contribution >= 0.6 is 0 Å². The van der Waals surface area contributed by atoms with Crippen molar-refractivity contribution in [1.29, 1.82) is 0 Å². The van der Waals surface area contributed by atoms with E-state index in [9.17, 15) is 18.0 Å². The van der Waals surface area contributed by atoms with Gasteiger partial charge in [0.25, 0.3) is 0 Å². The second-order valence-corrected chi connectivity index (χ2v) is 4.86. The van der Waals surface area contributed by atoms with Crippen molar-refractivity contribution in [1.82, 2.24) is 9.78 Å². The number of alkyl halides is 3. The summed E-state index contributed by atoms with van der Waals surface area (Å²) in [4.78, 5) is 11.8. The number of aromatic nitrogens is 2. The molecule has 0 fully saturated rings. The van der Waals surface area contributed by atoms with Crippen LogP contribution in [0.25, 0.3) is 0 Å². The first-order chi connectivity index (χ1) is 9.86. The van der Waals surface area contributed by atoms with E-state index in [1.807, 2.05) is 6.07 Å². The van der Waals surface area contributed by atoms with Crippen LogP contribution in [-0.4, -0.2) is 15.6 Å². The van der Waals surface area contributed by atoms with Gasteiger partial charge in [0, 0.05) is 31.8 Å². The molecular weight excluding hydrogens is 281 g/mol. The van der Waals surface area contributed by atoms with Gasteiger partial charge in [0.1, 0.15) is 5.78 Å².